The predicted octanol–water partition coefficient (Wildman–Crippen LogP) is 7.37. The van der Waals surface area contributed by atoms with Crippen molar-refractivity contribution >= 4 is 0 Å². The van der Waals surface area contributed by atoms with Gasteiger partial charge >= 0.3 is 0 Å². The minimum absolute atomic E-state index is 0.364. The Bertz CT molecular complexity index is 769. The van der Waals surface area contributed by atoms with Gasteiger partial charge in [-0.25, -0.2) is 0 Å². The van der Waals surface area contributed by atoms with Crippen LogP contribution in [-0.2, 0) is 12.8 Å². The van der Waals surface area contributed by atoms with Crippen LogP contribution in [0.15, 0.2) is 60.9 Å². The van der Waals surface area contributed by atoms with E-state index in [0.717, 1.165) is 30.8 Å². The molecule has 0 N–H and O–H groups in total. The van der Waals surface area contributed by atoms with E-state index in [1.807, 2.05) is 25.1 Å². The zero-order chi connectivity index (χ0) is 20.7. The Balaban J connectivity index is 1.47. The van der Waals surface area contributed by atoms with Crippen LogP contribution >= 0.6 is 0 Å². The second kappa shape index (κ2) is 10.0. The predicted molar refractivity (Wildman–Crippen MR) is 122 cm³/mol. The Hall–Kier alpha value is -2.22. The highest BCUT2D eigenvalue weighted by molar-refractivity contribution is 5.30. The van der Waals surface area contributed by atoms with Gasteiger partial charge in [-0.15, -0.1) is 0 Å². The first-order valence-corrected chi connectivity index (χ1v) is 11.2. The first-order chi connectivity index (χ1) is 14.1. The molecule has 156 valence electrons. The van der Waals surface area contributed by atoms with Gasteiger partial charge in [-0.1, -0.05) is 51.1 Å². The lowest BCUT2D eigenvalue weighted by atomic mass is 9.57. The molecule has 2 atom stereocenters. The van der Waals surface area contributed by atoms with Crippen molar-refractivity contribution in [3.8, 4) is 11.5 Å². The smallest absolute Gasteiger partial charge is 0.126 e. The molecule has 0 aliphatic heterocycles. The molecule has 2 heteroatoms. The number of hydrogen-bond acceptors (Lipinski definition) is 2. The van der Waals surface area contributed by atoms with Crippen molar-refractivity contribution in [1.29, 1.82) is 0 Å². The number of aryl methyl sites for hydroxylation is 2. The lowest BCUT2D eigenvalue weighted by molar-refractivity contribution is -0.101. The summed E-state index contributed by atoms with van der Waals surface area (Å²) in [6, 6.07) is 17.2. The molecule has 0 heterocycles. The molecule has 1 aliphatic carbocycles. The number of hydrogen-bond donors (Lipinski definition) is 0. The SMILES string of the molecule is C/C=C/Oc1ccc(CCCc2ccc(OC3C(C)CC3(CC)CC)cc2)cc1. The topological polar surface area (TPSA) is 18.5 Å². The summed E-state index contributed by atoms with van der Waals surface area (Å²) in [5.41, 5.74) is 3.11. The van der Waals surface area contributed by atoms with E-state index in [0.29, 0.717) is 17.4 Å². The maximum Gasteiger partial charge on any atom is 0.126 e. The summed E-state index contributed by atoms with van der Waals surface area (Å²) in [7, 11) is 0. The summed E-state index contributed by atoms with van der Waals surface area (Å²) in [5, 5.41) is 0. The van der Waals surface area contributed by atoms with Crippen LogP contribution in [0.2, 0.25) is 0 Å². The van der Waals surface area contributed by atoms with Crippen molar-refractivity contribution in [2.45, 2.75) is 72.3 Å². The van der Waals surface area contributed by atoms with Crippen molar-refractivity contribution < 1.29 is 9.47 Å². The minimum Gasteiger partial charge on any atom is -0.490 e. The number of allylic oxidation sites excluding steroid dienone is 1. The van der Waals surface area contributed by atoms with Gasteiger partial charge in [0.25, 0.3) is 0 Å². The molecule has 3 rings (SSSR count). The van der Waals surface area contributed by atoms with Gasteiger partial charge in [-0.2, -0.15) is 0 Å². The Morgan fingerprint density at radius 2 is 1.45 bits per heavy atom. The summed E-state index contributed by atoms with van der Waals surface area (Å²) in [4.78, 5) is 0. The molecule has 0 radical (unpaired) electrons. The van der Waals surface area contributed by atoms with Crippen LogP contribution < -0.4 is 9.47 Å². The third-order valence-electron chi connectivity index (χ3n) is 6.64. The molecule has 0 aromatic heterocycles. The van der Waals surface area contributed by atoms with Crippen LogP contribution in [0.1, 0.15) is 64.5 Å². The lowest BCUT2D eigenvalue weighted by Crippen LogP contribution is -2.54. The van der Waals surface area contributed by atoms with Crippen molar-refractivity contribution in [2.75, 3.05) is 0 Å². The van der Waals surface area contributed by atoms with E-state index >= 15 is 0 Å². The molecule has 1 saturated carbocycles. The average Bonchev–Trinajstić information content (AvgIpc) is 2.76. The third-order valence-corrected chi connectivity index (χ3v) is 6.64. The fourth-order valence-electron chi connectivity index (χ4n) is 4.75. The molecule has 2 unspecified atom stereocenters. The van der Waals surface area contributed by atoms with Gasteiger partial charge in [0.05, 0.1) is 6.26 Å². The van der Waals surface area contributed by atoms with E-state index in [1.54, 1.807) is 6.26 Å². The molecule has 0 amide bonds. The third kappa shape index (κ3) is 5.23. The molecule has 1 aliphatic rings. The summed E-state index contributed by atoms with van der Waals surface area (Å²) in [5.74, 6) is 2.57. The van der Waals surface area contributed by atoms with Crippen LogP contribution in [0.25, 0.3) is 0 Å². The van der Waals surface area contributed by atoms with Crippen LogP contribution in [0.3, 0.4) is 0 Å². The number of benzene rings is 2. The van der Waals surface area contributed by atoms with E-state index in [2.05, 4.69) is 57.2 Å². The van der Waals surface area contributed by atoms with Gasteiger partial charge in [0.2, 0.25) is 0 Å². The summed E-state index contributed by atoms with van der Waals surface area (Å²) in [6.45, 7) is 8.88. The van der Waals surface area contributed by atoms with Crippen LogP contribution in [0, 0.1) is 11.3 Å². The fraction of sp³-hybridized carbons (Fsp3) is 0.481. The van der Waals surface area contributed by atoms with E-state index in [4.69, 9.17) is 9.47 Å². The first-order valence-electron chi connectivity index (χ1n) is 11.2. The molecule has 2 aromatic carbocycles. The normalized spacial score (nSPS) is 20.4. The minimum atomic E-state index is 0.364. The highest BCUT2D eigenvalue weighted by Crippen LogP contribution is 2.52. The standard InChI is InChI=1S/C27H36O2/c1-5-19-28-24-15-11-22(12-16-24)9-8-10-23-13-17-25(18-14-23)29-26-21(4)20-27(26,6-2)7-3/h5,11-19,21,26H,6-10,20H2,1-4H3/b19-5+. The number of ether oxygens (including phenoxy) is 2. The molecule has 1 fully saturated rings. The Kier molecular flexibility index (Phi) is 7.41. The Morgan fingerprint density at radius 1 is 0.897 bits per heavy atom. The Labute approximate surface area is 176 Å². The lowest BCUT2D eigenvalue weighted by Gasteiger charge is -2.53. The van der Waals surface area contributed by atoms with E-state index in [1.165, 1.54) is 30.4 Å². The zero-order valence-corrected chi connectivity index (χ0v) is 18.5. The Morgan fingerprint density at radius 3 is 1.93 bits per heavy atom. The second-order valence-corrected chi connectivity index (χ2v) is 8.52. The summed E-state index contributed by atoms with van der Waals surface area (Å²) >= 11 is 0. The van der Waals surface area contributed by atoms with Crippen LogP contribution in [0.4, 0.5) is 0 Å². The van der Waals surface area contributed by atoms with E-state index < -0.39 is 0 Å². The van der Waals surface area contributed by atoms with Crippen molar-refractivity contribution in [3.05, 3.63) is 72.0 Å². The molecule has 0 saturated heterocycles. The highest BCUT2D eigenvalue weighted by atomic mass is 16.5. The van der Waals surface area contributed by atoms with Gasteiger partial charge < -0.3 is 9.47 Å². The second-order valence-electron chi connectivity index (χ2n) is 8.52. The van der Waals surface area contributed by atoms with Crippen LogP contribution in [-0.4, -0.2) is 6.10 Å². The average molecular weight is 393 g/mol. The largest absolute Gasteiger partial charge is 0.490 e. The molecular formula is C27H36O2. The molecule has 0 bridgehead atoms. The number of rotatable bonds is 10. The van der Waals surface area contributed by atoms with Crippen LogP contribution in [0.5, 0.6) is 11.5 Å². The van der Waals surface area contributed by atoms with Crippen molar-refractivity contribution in [3.63, 3.8) is 0 Å². The van der Waals surface area contributed by atoms with E-state index in [9.17, 15) is 0 Å². The maximum atomic E-state index is 6.41. The van der Waals surface area contributed by atoms with Gasteiger partial charge in [0, 0.05) is 5.41 Å². The van der Waals surface area contributed by atoms with Gasteiger partial charge in [-0.3, -0.25) is 0 Å². The van der Waals surface area contributed by atoms with Crippen molar-refractivity contribution in [1.82, 2.24) is 0 Å². The first kappa shape index (κ1) is 21.5. The molecule has 29 heavy (non-hydrogen) atoms. The highest BCUT2D eigenvalue weighted by Gasteiger charge is 2.51. The van der Waals surface area contributed by atoms with Crippen molar-refractivity contribution in [2.24, 2.45) is 11.3 Å². The maximum absolute atomic E-state index is 6.41. The monoisotopic (exact) mass is 392 g/mol. The summed E-state index contributed by atoms with van der Waals surface area (Å²) in [6.07, 6.45) is 11.0. The van der Waals surface area contributed by atoms with Gasteiger partial charge in [0.15, 0.2) is 0 Å². The molecule has 2 nitrogen and oxygen atoms in total. The summed E-state index contributed by atoms with van der Waals surface area (Å²) < 4.78 is 11.9. The molecule has 0 spiro atoms. The van der Waals surface area contributed by atoms with E-state index in [-0.39, 0.29) is 0 Å². The fourth-order valence-corrected chi connectivity index (χ4v) is 4.75. The van der Waals surface area contributed by atoms with Gasteiger partial charge in [-0.05, 0) is 86.8 Å². The molecular weight excluding hydrogens is 356 g/mol. The zero-order valence-electron chi connectivity index (χ0n) is 18.5. The molecule has 2 aromatic rings. The quantitative estimate of drug-likeness (QED) is 0.393. The van der Waals surface area contributed by atoms with Gasteiger partial charge in [0.1, 0.15) is 17.6 Å².